The predicted molar refractivity (Wildman–Crippen MR) is 105 cm³/mol. The van der Waals surface area contributed by atoms with E-state index in [1.165, 1.54) is 63.6 Å². The number of carboxylic acid groups (broad SMARTS) is 2. The molecule has 6 nitrogen and oxygen atoms in total. The predicted octanol–water partition coefficient (Wildman–Crippen LogP) is 3.07. The summed E-state index contributed by atoms with van der Waals surface area (Å²) in [6.07, 6.45) is 9.97. The molecule has 1 saturated heterocycles. The van der Waals surface area contributed by atoms with Gasteiger partial charge in [0.1, 0.15) is 0 Å². The zero-order valence-corrected chi connectivity index (χ0v) is 16.2. The van der Waals surface area contributed by atoms with Crippen molar-refractivity contribution in [3.05, 3.63) is 35.9 Å². The molecule has 0 bridgehead atoms. The van der Waals surface area contributed by atoms with Crippen molar-refractivity contribution >= 4 is 11.9 Å². The topological polar surface area (TPSA) is 81.1 Å². The van der Waals surface area contributed by atoms with Gasteiger partial charge in [0.05, 0.1) is 0 Å². The Morgan fingerprint density at radius 3 is 2.04 bits per heavy atom. The van der Waals surface area contributed by atoms with E-state index in [1.54, 1.807) is 0 Å². The van der Waals surface area contributed by atoms with E-state index in [9.17, 15) is 0 Å². The van der Waals surface area contributed by atoms with E-state index in [0.717, 1.165) is 18.6 Å². The summed E-state index contributed by atoms with van der Waals surface area (Å²) >= 11 is 0. The number of carbonyl (C=O) groups is 2. The molecule has 3 rings (SSSR count). The molecule has 0 aromatic heterocycles. The fraction of sp³-hybridized carbons (Fsp3) is 0.619. The molecule has 150 valence electrons. The maximum Gasteiger partial charge on any atom is 0.414 e. The van der Waals surface area contributed by atoms with Gasteiger partial charge in [-0.3, -0.25) is 4.90 Å². The first-order valence-electron chi connectivity index (χ1n) is 9.91. The van der Waals surface area contributed by atoms with Gasteiger partial charge in [0.25, 0.3) is 0 Å². The minimum atomic E-state index is -1.82. The molecule has 0 atom stereocenters. The Morgan fingerprint density at radius 2 is 1.52 bits per heavy atom. The first kappa shape index (κ1) is 21.4. The number of nitrogens with zero attached hydrogens (tertiary/aromatic N) is 2. The molecule has 2 aliphatic rings. The zero-order chi connectivity index (χ0) is 19.6. The quantitative estimate of drug-likeness (QED) is 0.786. The molecule has 0 amide bonds. The fourth-order valence-corrected chi connectivity index (χ4v) is 4.14. The number of likely N-dealkylation sites (tertiary alicyclic amines) is 1. The second-order valence-electron chi connectivity index (χ2n) is 7.57. The van der Waals surface area contributed by atoms with Crippen molar-refractivity contribution in [2.75, 3.05) is 20.1 Å². The molecular formula is C21H32N2O4. The van der Waals surface area contributed by atoms with Gasteiger partial charge in [0.2, 0.25) is 0 Å². The first-order valence-corrected chi connectivity index (χ1v) is 9.91. The van der Waals surface area contributed by atoms with E-state index in [2.05, 4.69) is 47.2 Å². The molecule has 1 aromatic rings. The molecule has 1 heterocycles. The highest BCUT2D eigenvalue weighted by Gasteiger charge is 2.27. The van der Waals surface area contributed by atoms with Gasteiger partial charge >= 0.3 is 11.9 Å². The highest BCUT2D eigenvalue weighted by Crippen LogP contribution is 2.26. The molecule has 2 N–H and O–H groups in total. The largest absolute Gasteiger partial charge is 0.473 e. The van der Waals surface area contributed by atoms with Gasteiger partial charge in [-0.25, -0.2) is 9.59 Å². The Kier molecular flexibility index (Phi) is 8.75. The van der Waals surface area contributed by atoms with Crippen LogP contribution < -0.4 is 0 Å². The van der Waals surface area contributed by atoms with Crippen LogP contribution in [0.5, 0.6) is 0 Å². The number of aliphatic carboxylic acids is 2. The first-order chi connectivity index (χ1) is 13.0. The van der Waals surface area contributed by atoms with Crippen molar-refractivity contribution in [3.8, 4) is 0 Å². The normalized spacial score (nSPS) is 19.3. The van der Waals surface area contributed by atoms with Crippen LogP contribution in [0.25, 0.3) is 0 Å². The summed E-state index contributed by atoms with van der Waals surface area (Å²) in [7, 11) is 2.30. The summed E-state index contributed by atoms with van der Waals surface area (Å²) in [5, 5.41) is 14.8. The van der Waals surface area contributed by atoms with Crippen LogP contribution in [0, 0.1) is 0 Å². The lowest BCUT2D eigenvalue weighted by Gasteiger charge is -2.41. The second-order valence-corrected chi connectivity index (χ2v) is 7.57. The standard InChI is InChI=1S/C19H30N2.C2H2O4/c1-20(16-17-8-4-2-5-9-17)18-12-14-21(15-13-18)19-10-6-3-7-11-19;3-1(4)2(5)6/h2,4-5,8-9,18-19H,3,6-7,10-16H2,1H3;(H,3,4)(H,5,6). The number of piperidine rings is 1. The van der Waals surface area contributed by atoms with E-state index < -0.39 is 11.9 Å². The average Bonchev–Trinajstić information content (AvgIpc) is 2.70. The van der Waals surface area contributed by atoms with Gasteiger partial charge in [-0.15, -0.1) is 0 Å². The summed E-state index contributed by atoms with van der Waals surface area (Å²) in [5.74, 6) is -3.65. The summed E-state index contributed by atoms with van der Waals surface area (Å²) in [6, 6.07) is 12.6. The van der Waals surface area contributed by atoms with Gasteiger partial charge in [-0.05, 0) is 51.4 Å². The SMILES string of the molecule is CN(Cc1ccccc1)C1CCN(C2CCCCC2)CC1.O=C(O)C(=O)O. The summed E-state index contributed by atoms with van der Waals surface area (Å²) < 4.78 is 0. The van der Waals surface area contributed by atoms with E-state index in [0.29, 0.717) is 0 Å². The minimum absolute atomic E-state index is 0.769. The molecule has 27 heavy (non-hydrogen) atoms. The maximum atomic E-state index is 9.10. The molecule has 6 heteroatoms. The maximum absolute atomic E-state index is 9.10. The molecule has 0 spiro atoms. The molecule has 0 unspecified atom stereocenters. The molecule has 2 fully saturated rings. The summed E-state index contributed by atoms with van der Waals surface area (Å²) in [5.41, 5.74) is 1.44. The Bertz CT molecular complexity index is 567. The summed E-state index contributed by atoms with van der Waals surface area (Å²) in [6.45, 7) is 3.72. The van der Waals surface area contributed by atoms with Crippen molar-refractivity contribution in [1.82, 2.24) is 9.80 Å². The van der Waals surface area contributed by atoms with Crippen molar-refractivity contribution in [1.29, 1.82) is 0 Å². The monoisotopic (exact) mass is 376 g/mol. The number of benzene rings is 1. The Balaban J connectivity index is 0.000000380. The third kappa shape index (κ3) is 7.31. The number of hydrogen-bond acceptors (Lipinski definition) is 4. The summed E-state index contributed by atoms with van der Waals surface area (Å²) in [4.78, 5) is 23.5. The molecule has 1 aliphatic heterocycles. The van der Waals surface area contributed by atoms with Crippen molar-refractivity contribution in [2.45, 2.75) is 63.6 Å². The van der Waals surface area contributed by atoms with Crippen LogP contribution in [0.1, 0.15) is 50.5 Å². The lowest BCUT2D eigenvalue weighted by molar-refractivity contribution is -0.159. The third-order valence-corrected chi connectivity index (χ3v) is 5.67. The van der Waals surface area contributed by atoms with Crippen molar-refractivity contribution in [2.24, 2.45) is 0 Å². The van der Waals surface area contributed by atoms with E-state index in [1.807, 2.05) is 0 Å². The number of rotatable bonds is 4. The molecule has 1 aliphatic carbocycles. The number of carboxylic acids is 2. The average molecular weight is 376 g/mol. The van der Waals surface area contributed by atoms with E-state index in [4.69, 9.17) is 19.8 Å². The highest BCUT2D eigenvalue weighted by molar-refractivity contribution is 6.27. The van der Waals surface area contributed by atoms with Gasteiger partial charge in [0.15, 0.2) is 0 Å². The highest BCUT2D eigenvalue weighted by atomic mass is 16.4. The van der Waals surface area contributed by atoms with Crippen LogP contribution in [0.15, 0.2) is 30.3 Å². The lowest BCUT2D eigenvalue weighted by Crippen LogP contribution is -2.47. The van der Waals surface area contributed by atoms with Crippen LogP contribution in [0.4, 0.5) is 0 Å². The van der Waals surface area contributed by atoms with Gasteiger partial charge in [0, 0.05) is 18.6 Å². The second kappa shape index (κ2) is 11.0. The lowest BCUT2D eigenvalue weighted by atomic mass is 9.92. The fourth-order valence-electron chi connectivity index (χ4n) is 4.14. The third-order valence-electron chi connectivity index (χ3n) is 5.67. The van der Waals surface area contributed by atoms with E-state index >= 15 is 0 Å². The minimum Gasteiger partial charge on any atom is -0.473 e. The number of hydrogen-bond donors (Lipinski definition) is 2. The Morgan fingerprint density at radius 1 is 0.963 bits per heavy atom. The molecule has 1 aromatic carbocycles. The van der Waals surface area contributed by atoms with Gasteiger partial charge in [-0.2, -0.15) is 0 Å². The van der Waals surface area contributed by atoms with Crippen LogP contribution in [0.2, 0.25) is 0 Å². The molecular weight excluding hydrogens is 344 g/mol. The van der Waals surface area contributed by atoms with Gasteiger partial charge in [-0.1, -0.05) is 49.6 Å². The Hall–Kier alpha value is -1.92. The molecule has 1 saturated carbocycles. The Labute approximate surface area is 161 Å². The van der Waals surface area contributed by atoms with Crippen molar-refractivity contribution in [3.63, 3.8) is 0 Å². The van der Waals surface area contributed by atoms with E-state index in [-0.39, 0.29) is 0 Å². The van der Waals surface area contributed by atoms with Crippen LogP contribution >= 0.6 is 0 Å². The smallest absolute Gasteiger partial charge is 0.414 e. The zero-order valence-electron chi connectivity index (χ0n) is 16.2. The van der Waals surface area contributed by atoms with Crippen LogP contribution in [0.3, 0.4) is 0 Å². The molecule has 0 radical (unpaired) electrons. The van der Waals surface area contributed by atoms with Crippen LogP contribution in [-0.4, -0.2) is 64.2 Å². The van der Waals surface area contributed by atoms with Crippen molar-refractivity contribution < 1.29 is 19.8 Å². The van der Waals surface area contributed by atoms with Gasteiger partial charge < -0.3 is 15.1 Å². The van der Waals surface area contributed by atoms with Crippen LogP contribution in [-0.2, 0) is 16.1 Å².